The molecule has 0 aromatic heterocycles. The molecule has 1 aliphatic rings. The van der Waals surface area contributed by atoms with E-state index in [1.807, 2.05) is 18.2 Å². The van der Waals surface area contributed by atoms with Crippen molar-refractivity contribution in [3.8, 4) is 11.5 Å². The number of carbonyl (C=O) groups excluding carboxylic acids is 1. The molecule has 1 N–H and O–H groups in total. The molecule has 0 saturated carbocycles. The van der Waals surface area contributed by atoms with Gasteiger partial charge in [0, 0.05) is 39.4 Å². The quantitative estimate of drug-likeness (QED) is 0.590. The highest BCUT2D eigenvalue weighted by molar-refractivity contribution is 5.97. The van der Waals surface area contributed by atoms with Crippen molar-refractivity contribution in [1.29, 1.82) is 0 Å². The van der Waals surface area contributed by atoms with E-state index in [4.69, 9.17) is 14.2 Å². The molecule has 0 spiro atoms. The Hall–Kier alpha value is -2.83. The van der Waals surface area contributed by atoms with Crippen LogP contribution in [0.4, 0.5) is 0 Å². The molecular formula is C25H32N2O4. The molecule has 166 valence electrons. The molecule has 1 amide bonds. The van der Waals surface area contributed by atoms with Gasteiger partial charge in [0.05, 0.1) is 19.3 Å². The number of likely N-dealkylation sites (tertiary alicyclic amines) is 1. The van der Waals surface area contributed by atoms with Crippen LogP contribution in [0.15, 0.2) is 54.6 Å². The number of nitrogens with one attached hydrogen (secondary N) is 1. The van der Waals surface area contributed by atoms with Gasteiger partial charge in [-0.05, 0) is 30.5 Å². The molecule has 31 heavy (non-hydrogen) atoms. The fourth-order valence-electron chi connectivity index (χ4n) is 3.57. The van der Waals surface area contributed by atoms with Gasteiger partial charge in [0.2, 0.25) is 0 Å². The van der Waals surface area contributed by atoms with E-state index < -0.39 is 0 Å². The van der Waals surface area contributed by atoms with Gasteiger partial charge in [-0.25, -0.2) is 0 Å². The second-order valence-corrected chi connectivity index (χ2v) is 7.54. The van der Waals surface area contributed by atoms with Crippen molar-refractivity contribution in [2.75, 3.05) is 47.0 Å². The summed E-state index contributed by atoms with van der Waals surface area (Å²) in [6.45, 7) is 3.77. The molecule has 2 aromatic rings. The summed E-state index contributed by atoms with van der Waals surface area (Å²) in [7, 11) is 3.22. The molecule has 2 aromatic carbocycles. The van der Waals surface area contributed by atoms with Crippen LogP contribution < -0.4 is 14.8 Å². The maximum Gasteiger partial charge on any atom is 0.255 e. The first-order valence-electron chi connectivity index (χ1n) is 10.8. The Balaban J connectivity index is 1.54. The molecule has 0 atom stereocenters. The van der Waals surface area contributed by atoms with Crippen molar-refractivity contribution in [3.05, 3.63) is 65.7 Å². The smallest absolute Gasteiger partial charge is 0.255 e. The predicted molar refractivity (Wildman–Crippen MR) is 123 cm³/mol. The Morgan fingerprint density at radius 3 is 2.61 bits per heavy atom. The zero-order valence-electron chi connectivity index (χ0n) is 18.4. The number of hydrogen-bond donors (Lipinski definition) is 1. The number of amides is 1. The number of ether oxygens (including phenoxy) is 3. The van der Waals surface area contributed by atoms with Crippen LogP contribution in [0.5, 0.6) is 11.5 Å². The van der Waals surface area contributed by atoms with Crippen molar-refractivity contribution in [2.45, 2.75) is 18.9 Å². The second-order valence-electron chi connectivity index (χ2n) is 7.54. The number of rotatable bonds is 10. The molecule has 0 bridgehead atoms. The summed E-state index contributed by atoms with van der Waals surface area (Å²) in [5.41, 5.74) is 1.74. The van der Waals surface area contributed by atoms with Crippen molar-refractivity contribution in [3.63, 3.8) is 0 Å². The third kappa shape index (κ3) is 7.12. The monoisotopic (exact) mass is 424 g/mol. The maximum absolute atomic E-state index is 12.6. The van der Waals surface area contributed by atoms with Gasteiger partial charge >= 0.3 is 0 Å². The lowest BCUT2D eigenvalue weighted by Crippen LogP contribution is -2.38. The lowest BCUT2D eigenvalue weighted by molar-refractivity contribution is 0.0905. The third-order valence-electron chi connectivity index (χ3n) is 5.33. The molecule has 0 radical (unpaired) electrons. The number of piperidine rings is 1. The number of nitrogens with zero attached hydrogens (tertiary/aromatic N) is 1. The number of hydrogen-bond acceptors (Lipinski definition) is 5. The van der Waals surface area contributed by atoms with Crippen molar-refractivity contribution in [2.24, 2.45) is 0 Å². The van der Waals surface area contributed by atoms with E-state index in [0.29, 0.717) is 30.2 Å². The second kappa shape index (κ2) is 12.1. The van der Waals surface area contributed by atoms with Crippen LogP contribution in [-0.2, 0) is 4.74 Å². The van der Waals surface area contributed by atoms with Crippen LogP contribution in [0.3, 0.4) is 0 Å². The maximum atomic E-state index is 12.6. The van der Waals surface area contributed by atoms with Gasteiger partial charge in [0.15, 0.2) is 0 Å². The lowest BCUT2D eigenvalue weighted by Gasteiger charge is -2.31. The van der Waals surface area contributed by atoms with E-state index in [2.05, 4.69) is 34.5 Å². The zero-order chi connectivity index (χ0) is 21.9. The van der Waals surface area contributed by atoms with E-state index in [1.54, 1.807) is 32.4 Å². The van der Waals surface area contributed by atoms with E-state index in [-0.39, 0.29) is 12.0 Å². The van der Waals surface area contributed by atoms with Gasteiger partial charge in [-0.1, -0.05) is 42.5 Å². The van der Waals surface area contributed by atoms with E-state index in [9.17, 15) is 4.79 Å². The summed E-state index contributed by atoms with van der Waals surface area (Å²) in [6.07, 6.45) is 6.28. The van der Waals surface area contributed by atoms with Crippen LogP contribution in [0, 0.1) is 0 Å². The molecule has 0 unspecified atom stereocenters. The molecule has 6 heteroatoms. The highest BCUT2D eigenvalue weighted by atomic mass is 16.5. The fourth-order valence-corrected chi connectivity index (χ4v) is 3.57. The van der Waals surface area contributed by atoms with Gasteiger partial charge in [0.1, 0.15) is 17.6 Å². The molecule has 3 rings (SSSR count). The summed E-state index contributed by atoms with van der Waals surface area (Å²) < 4.78 is 16.6. The predicted octanol–water partition coefficient (Wildman–Crippen LogP) is 3.63. The lowest BCUT2D eigenvalue weighted by atomic mass is 10.1. The van der Waals surface area contributed by atoms with Gasteiger partial charge in [-0.3, -0.25) is 9.69 Å². The van der Waals surface area contributed by atoms with E-state index in [1.165, 1.54) is 5.56 Å². The Labute approximate surface area is 184 Å². The van der Waals surface area contributed by atoms with Crippen molar-refractivity contribution < 1.29 is 19.0 Å². The van der Waals surface area contributed by atoms with Crippen LogP contribution in [0.25, 0.3) is 6.08 Å². The van der Waals surface area contributed by atoms with Gasteiger partial charge in [0.25, 0.3) is 5.91 Å². The van der Waals surface area contributed by atoms with E-state index in [0.717, 1.165) is 32.5 Å². The Morgan fingerprint density at radius 2 is 1.90 bits per heavy atom. The summed E-state index contributed by atoms with van der Waals surface area (Å²) in [4.78, 5) is 15.0. The minimum absolute atomic E-state index is 0.0759. The SMILES string of the molecule is COCCNC(=O)c1ccc(OC)cc1OC1CCN(C/C=C/c2ccccc2)CC1. The minimum Gasteiger partial charge on any atom is -0.497 e. The summed E-state index contributed by atoms with van der Waals surface area (Å²) >= 11 is 0. The molecule has 1 aliphatic heterocycles. The highest BCUT2D eigenvalue weighted by Gasteiger charge is 2.22. The minimum atomic E-state index is -0.168. The van der Waals surface area contributed by atoms with E-state index >= 15 is 0 Å². The normalized spacial score (nSPS) is 15.2. The van der Waals surface area contributed by atoms with Crippen LogP contribution in [0.1, 0.15) is 28.8 Å². The molecular weight excluding hydrogens is 392 g/mol. The van der Waals surface area contributed by atoms with Crippen molar-refractivity contribution >= 4 is 12.0 Å². The first-order chi connectivity index (χ1) is 15.2. The van der Waals surface area contributed by atoms with Gasteiger partial charge in [-0.15, -0.1) is 0 Å². The largest absolute Gasteiger partial charge is 0.497 e. The standard InChI is InChI=1S/C25H32N2O4/c1-29-18-14-26-25(28)23-11-10-22(30-2)19-24(23)31-21-12-16-27(17-13-21)15-6-9-20-7-4-3-5-8-20/h3-11,19,21H,12-18H2,1-2H3,(H,26,28)/b9-6+. The van der Waals surface area contributed by atoms with Crippen LogP contribution >= 0.6 is 0 Å². The molecule has 1 saturated heterocycles. The molecule has 1 fully saturated rings. The Bertz CT molecular complexity index is 846. The van der Waals surface area contributed by atoms with Gasteiger partial charge < -0.3 is 19.5 Å². The average molecular weight is 425 g/mol. The highest BCUT2D eigenvalue weighted by Crippen LogP contribution is 2.28. The van der Waals surface area contributed by atoms with Crippen molar-refractivity contribution in [1.82, 2.24) is 10.2 Å². The fraction of sp³-hybridized carbons (Fsp3) is 0.400. The number of methoxy groups -OCH3 is 2. The molecule has 1 heterocycles. The average Bonchev–Trinajstić information content (AvgIpc) is 2.81. The first-order valence-corrected chi connectivity index (χ1v) is 10.8. The van der Waals surface area contributed by atoms with Crippen LogP contribution in [-0.4, -0.2) is 63.9 Å². The van der Waals surface area contributed by atoms with Crippen LogP contribution in [0.2, 0.25) is 0 Å². The number of carbonyl (C=O) groups is 1. The third-order valence-corrected chi connectivity index (χ3v) is 5.33. The topological polar surface area (TPSA) is 60.0 Å². The Kier molecular flexibility index (Phi) is 8.94. The molecule has 0 aliphatic carbocycles. The summed E-state index contributed by atoms with van der Waals surface area (Å²) in [5, 5.41) is 2.86. The number of benzene rings is 2. The Morgan fingerprint density at radius 1 is 1.13 bits per heavy atom. The summed E-state index contributed by atoms with van der Waals surface area (Å²) in [6, 6.07) is 15.7. The van der Waals surface area contributed by atoms with Gasteiger partial charge in [-0.2, -0.15) is 0 Å². The first kappa shape index (κ1) is 22.8. The molecule has 6 nitrogen and oxygen atoms in total. The zero-order valence-corrected chi connectivity index (χ0v) is 18.4. The summed E-state index contributed by atoms with van der Waals surface area (Å²) in [5.74, 6) is 1.07.